The average molecular weight is 512 g/mol. The van der Waals surface area contributed by atoms with Gasteiger partial charge in [-0.15, -0.1) is 10.2 Å². The first kappa shape index (κ1) is 25.1. The maximum atomic E-state index is 13.7. The molecule has 2 N–H and O–H groups in total. The summed E-state index contributed by atoms with van der Waals surface area (Å²) in [6, 6.07) is 7.66. The molecule has 10 heteroatoms. The zero-order valence-electron chi connectivity index (χ0n) is 20.7. The number of carbonyl (C=O) groups excluding carboxylic acids is 1. The Bertz CT molecular complexity index is 1270. The van der Waals surface area contributed by atoms with E-state index in [0.29, 0.717) is 45.9 Å². The lowest BCUT2D eigenvalue weighted by Gasteiger charge is -2.42. The number of ketones is 1. The molecule has 0 fully saturated rings. The molecule has 0 saturated heterocycles. The highest BCUT2D eigenvalue weighted by molar-refractivity contribution is 8.01. The van der Waals surface area contributed by atoms with Gasteiger partial charge in [0.1, 0.15) is 17.3 Å². The van der Waals surface area contributed by atoms with Gasteiger partial charge in [0.05, 0.1) is 31.8 Å². The second kappa shape index (κ2) is 9.55. The SMILES string of the molecule is COc1ccc(OC)c(C2C(C#N)=C(N)N(c3nnc(SC(C)C)s3)C3=C2C(=O)CC(C)(C)C3)c1. The minimum atomic E-state index is -0.669. The number of hydrogen-bond acceptors (Lipinski definition) is 10. The Balaban J connectivity index is 1.97. The topological polar surface area (TPSA) is 114 Å². The Morgan fingerprint density at radius 2 is 2.00 bits per heavy atom. The molecule has 0 spiro atoms. The normalized spacial score (nSPS) is 19.7. The minimum absolute atomic E-state index is 0.0160. The van der Waals surface area contributed by atoms with Gasteiger partial charge in [-0.25, -0.2) is 0 Å². The lowest BCUT2D eigenvalue weighted by Crippen LogP contribution is -2.42. The van der Waals surface area contributed by atoms with E-state index in [-0.39, 0.29) is 22.6 Å². The van der Waals surface area contributed by atoms with E-state index in [1.165, 1.54) is 11.3 Å². The number of anilines is 1. The summed E-state index contributed by atoms with van der Waals surface area (Å²) >= 11 is 3.01. The number of aromatic nitrogens is 2. The Morgan fingerprint density at radius 3 is 2.63 bits per heavy atom. The van der Waals surface area contributed by atoms with Crippen molar-refractivity contribution in [2.24, 2.45) is 11.1 Å². The van der Waals surface area contributed by atoms with Crippen molar-refractivity contribution >= 4 is 34.0 Å². The van der Waals surface area contributed by atoms with E-state index in [1.54, 1.807) is 43.0 Å². The van der Waals surface area contributed by atoms with Gasteiger partial charge < -0.3 is 15.2 Å². The maximum absolute atomic E-state index is 13.7. The second-order valence-corrected chi connectivity index (χ2v) is 12.4. The van der Waals surface area contributed by atoms with Gasteiger partial charge in [0.2, 0.25) is 5.13 Å². The van der Waals surface area contributed by atoms with Crippen LogP contribution in [0.15, 0.2) is 45.2 Å². The molecule has 1 unspecified atom stereocenters. The summed E-state index contributed by atoms with van der Waals surface area (Å²) in [6.07, 6.45) is 0.966. The summed E-state index contributed by atoms with van der Waals surface area (Å²) < 4.78 is 11.9. The van der Waals surface area contributed by atoms with Crippen molar-refractivity contribution in [1.29, 1.82) is 5.26 Å². The average Bonchev–Trinajstić information content (AvgIpc) is 3.24. The summed E-state index contributed by atoms with van der Waals surface area (Å²) in [5.41, 5.74) is 8.68. The van der Waals surface area contributed by atoms with Crippen LogP contribution in [0.2, 0.25) is 0 Å². The third kappa shape index (κ3) is 4.62. The summed E-state index contributed by atoms with van der Waals surface area (Å²) in [7, 11) is 3.14. The van der Waals surface area contributed by atoms with Crippen LogP contribution in [0.5, 0.6) is 11.5 Å². The highest BCUT2D eigenvalue weighted by Crippen LogP contribution is 2.52. The molecule has 0 saturated carbocycles. The molecule has 2 aliphatic rings. The Hall–Kier alpha value is -3.03. The fourth-order valence-corrected chi connectivity index (χ4v) is 6.75. The Morgan fingerprint density at radius 1 is 1.26 bits per heavy atom. The molecular formula is C25H29N5O3S2. The summed E-state index contributed by atoms with van der Waals surface area (Å²) in [5.74, 6) is 0.726. The van der Waals surface area contributed by atoms with Crippen LogP contribution in [0.4, 0.5) is 5.13 Å². The minimum Gasteiger partial charge on any atom is -0.497 e. The van der Waals surface area contributed by atoms with Crippen molar-refractivity contribution in [3.05, 3.63) is 46.4 Å². The Kier molecular flexibility index (Phi) is 6.84. The van der Waals surface area contributed by atoms with Crippen molar-refractivity contribution in [2.45, 2.75) is 56.0 Å². The molecule has 0 amide bonds. The van der Waals surface area contributed by atoms with Crippen LogP contribution >= 0.6 is 23.1 Å². The van der Waals surface area contributed by atoms with Crippen LogP contribution in [0.25, 0.3) is 0 Å². The zero-order chi connectivity index (χ0) is 25.5. The van der Waals surface area contributed by atoms with Crippen molar-refractivity contribution in [3.63, 3.8) is 0 Å². The molecule has 1 aliphatic carbocycles. The van der Waals surface area contributed by atoms with Crippen LogP contribution in [-0.4, -0.2) is 35.5 Å². The summed E-state index contributed by atoms with van der Waals surface area (Å²) in [4.78, 5) is 15.5. The third-order valence-corrected chi connectivity index (χ3v) is 8.05. The van der Waals surface area contributed by atoms with Crippen LogP contribution < -0.4 is 20.1 Å². The molecule has 0 radical (unpaired) electrons. The molecule has 8 nitrogen and oxygen atoms in total. The molecule has 35 heavy (non-hydrogen) atoms. The van der Waals surface area contributed by atoms with Gasteiger partial charge in [0.15, 0.2) is 10.1 Å². The van der Waals surface area contributed by atoms with Gasteiger partial charge >= 0.3 is 0 Å². The molecule has 184 valence electrons. The van der Waals surface area contributed by atoms with Crippen LogP contribution in [0, 0.1) is 16.7 Å². The Labute approximate surface area is 213 Å². The van der Waals surface area contributed by atoms with E-state index in [0.717, 1.165) is 10.0 Å². The van der Waals surface area contributed by atoms with E-state index >= 15 is 0 Å². The first-order valence-electron chi connectivity index (χ1n) is 11.3. The number of hydrogen-bond donors (Lipinski definition) is 1. The van der Waals surface area contributed by atoms with E-state index < -0.39 is 5.92 Å². The van der Waals surface area contributed by atoms with Crippen LogP contribution in [0.1, 0.15) is 52.0 Å². The molecule has 0 bridgehead atoms. The first-order chi connectivity index (χ1) is 16.6. The lowest BCUT2D eigenvalue weighted by molar-refractivity contribution is -0.118. The number of rotatable bonds is 6. The summed E-state index contributed by atoms with van der Waals surface area (Å²) in [5, 5.41) is 19.9. The van der Waals surface area contributed by atoms with Gasteiger partial charge in [0.25, 0.3) is 0 Å². The lowest BCUT2D eigenvalue weighted by atomic mass is 9.68. The van der Waals surface area contributed by atoms with Gasteiger partial charge in [-0.1, -0.05) is 50.8 Å². The smallest absolute Gasteiger partial charge is 0.219 e. The number of Topliss-reactive ketones (excluding diaryl/α,β-unsaturated/α-hetero) is 1. The fraction of sp³-hybridized carbons (Fsp3) is 0.440. The highest BCUT2D eigenvalue weighted by atomic mass is 32.2. The fourth-order valence-electron chi connectivity index (χ4n) is 4.65. The quantitative estimate of drug-likeness (QED) is 0.535. The number of nitrogens with zero attached hydrogens (tertiary/aromatic N) is 4. The van der Waals surface area contributed by atoms with E-state index in [4.69, 9.17) is 15.2 Å². The molecular weight excluding hydrogens is 482 g/mol. The van der Waals surface area contributed by atoms with Crippen LogP contribution in [-0.2, 0) is 4.79 Å². The van der Waals surface area contributed by atoms with E-state index in [2.05, 4.69) is 44.0 Å². The first-order valence-corrected chi connectivity index (χ1v) is 13.0. The van der Waals surface area contributed by atoms with Crippen LogP contribution in [0.3, 0.4) is 0 Å². The molecule has 1 aliphatic heterocycles. The highest BCUT2D eigenvalue weighted by Gasteiger charge is 2.46. The number of carbonyl (C=O) groups is 1. The van der Waals surface area contributed by atoms with Crippen molar-refractivity contribution < 1.29 is 14.3 Å². The predicted octanol–water partition coefficient (Wildman–Crippen LogP) is 5.00. The zero-order valence-corrected chi connectivity index (χ0v) is 22.3. The molecule has 1 aromatic heterocycles. The molecule has 1 atom stereocenters. The number of nitriles is 1. The largest absolute Gasteiger partial charge is 0.497 e. The van der Waals surface area contributed by atoms with E-state index in [9.17, 15) is 10.1 Å². The second-order valence-electron chi connectivity index (χ2n) is 9.61. The number of ether oxygens (including phenoxy) is 2. The standard InChI is InChI=1S/C25H29N5O3S2/c1-13(2)34-24-29-28-23(35-24)30-17-10-25(3,4)11-18(31)21(17)20(16(12-26)22(30)27)15-9-14(32-5)7-8-19(15)33-6/h7-9,13,20H,10-11,27H2,1-6H3. The predicted molar refractivity (Wildman–Crippen MR) is 138 cm³/mol. The van der Waals surface area contributed by atoms with Gasteiger partial charge in [-0.3, -0.25) is 9.69 Å². The number of methoxy groups -OCH3 is 2. The monoisotopic (exact) mass is 511 g/mol. The number of nitrogens with two attached hydrogens (primary N) is 1. The number of benzene rings is 1. The van der Waals surface area contributed by atoms with Crippen molar-refractivity contribution in [1.82, 2.24) is 10.2 Å². The van der Waals surface area contributed by atoms with Gasteiger partial charge in [-0.05, 0) is 30.0 Å². The number of thioether (sulfide) groups is 1. The molecule has 4 rings (SSSR count). The van der Waals surface area contributed by atoms with Gasteiger partial charge in [0, 0.05) is 28.5 Å². The molecule has 2 heterocycles. The van der Waals surface area contributed by atoms with Gasteiger partial charge in [-0.2, -0.15) is 5.26 Å². The molecule has 1 aromatic carbocycles. The van der Waals surface area contributed by atoms with Crippen molar-refractivity contribution in [2.75, 3.05) is 19.1 Å². The number of allylic oxidation sites excluding steroid dienone is 3. The molecule has 2 aromatic rings. The van der Waals surface area contributed by atoms with E-state index in [1.807, 2.05) is 6.07 Å². The maximum Gasteiger partial charge on any atom is 0.219 e. The third-order valence-electron chi connectivity index (χ3n) is 6.05. The van der Waals surface area contributed by atoms with Crippen molar-refractivity contribution in [3.8, 4) is 17.6 Å². The summed E-state index contributed by atoms with van der Waals surface area (Å²) in [6.45, 7) is 8.30.